The van der Waals surface area contributed by atoms with E-state index in [0.717, 1.165) is 28.9 Å². The number of hydrogen-bond donors (Lipinski definition) is 0. The number of piperidine rings is 1. The van der Waals surface area contributed by atoms with Crippen LogP contribution in [-0.4, -0.2) is 50.5 Å². The number of benzene rings is 2. The van der Waals surface area contributed by atoms with Gasteiger partial charge in [-0.25, -0.2) is 0 Å². The van der Waals surface area contributed by atoms with Crippen molar-refractivity contribution in [1.82, 2.24) is 4.90 Å². The Morgan fingerprint density at radius 1 is 1.11 bits per heavy atom. The average molecular weight is 381 g/mol. The fraction of sp³-hybridized carbons (Fsp3) is 0.391. The number of likely N-dealkylation sites (tertiary alicyclic amines) is 1. The average Bonchev–Trinajstić information content (AvgIpc) is 2.71. The van der Waals surface area contributed by atoms with Crippen molar-refractivity contribution in [2.75, 3.05) is 33.9 Å². The van der Waals surface area contributed by atoms with E-state index in [1.54, 1.807) is 14.0 Å². The molecule has 5 nitrogen and oxygen atoms in total. The maximum absolute atomic E-state index is 13.1. The summed E-state index contributed by atoms with van der Waals surface area (Å²) in [5.74, 6) is -0.700. The molecule has 5 heteroatoms. The lowest BCUT2D eigenvalue weighted by molar-refractivity contribution is -0.154. The third-order valence-electron chi connectivity index (χ3n) is 5.23. The van der Waals surface area contributed by atoms with Gasteiger partial charge in [0.05, 0.1) is 19.6 Å². The van der Waals surface area contributed by atoms with Gasteiger partial charge >= 0.3 is 5.97 Å². The number of esters is 1. The van der Waals surface area contributed by atoms with E-state index in [1.165, 1.54) is 0 Å². The largest absolute Gasteiger partial charge is 0.497 e. The van der Waals surface area contributed by atoms with Gasteiger partial charge in [0.15, 0.2) is 5.78 Å². The first kappa shape index (κ1) is 20.1. The maximum atomic E-state index is 13.1. The van der Waals surface area contributed by atoms with Gasteiger partial charge < -0.3 is 14.4 Å². The summed E-state index contributed by atoms with van der Waals surface area (Å²) < 4.78 is 10.4. The van der Waals surface area contributed by atoms with Crippen LogP contribution >= 0.6 is 0 Å². The van der Waals surface area contributed by atoms with Crippen LogP contribution in [0, 0.1) is 5.92 Å². The van der Waals surface area contributed by atoms with Crippen molar-refractivity contribution in [1.29, 1.82) is 0 Å². The third-order valence-corrected chi connectivity index (χ3v) is 5.23. The van der Waals surface area contributed by atoms with E-state index >= 15 is 0 Å². The van der Waals surface area contributed by atoms with Crippen molar-refractivity contribution in [2.24, 2.45) is 5.92 Å². The number of ketones is 1. The molecule has 0 spiro atoms. The minimum atomic E-state index is -0.724. The normalized spacial score (nSPS) is 20.0. The molecule has 2 aromatic carbocycles. The van der Waals surface area contributed by atoms with E-state index in [0.29, 0.717) is 13.1 Å². The molecule has 0 amide bonds. The Morgan fingerprint density at radius 2 is 1.82 bits per heavy atom. The lowest BCUT2D eigenvalue weighted by Gasteiger charge is -2.34. The minimum absolute atomic E-state index is 0.0428. The van der Waals surface area contributed by atoms with Crippen LogP contribution in [0.4, 0.5) is 0 Å². The van der Waals surface area contributed by atoms with Crippen LogP contribution in [0.5, 0.6) is 5.75 Å². The van der Waals surface area contributed by atoms with Crippen molar-refractivity contribution in [3.63, 3.8) is 0 Å². The Labute approximate surface area is 166 Å². The van der Waals surface area contributed by atoms with Gasteiger partial charge in [-0.15, -0.1) is 0 Å². The van der Waals surface area contributed by atoms with E-state index in [1.807, 2.05) is 54.4 Å². The SMILES string of the molecule is CCOC(=O)C1CN(C)CC(c2ccccc2Cc2ccc(OC)cc2)C1=O. The molecule has 3 rings (SSSR count). The first-order valence-corrected chi connectivity index (χ1v) is 9.63. The van der Waals surface area contributed by atoms with Crippen LogP contribution in [0.25, 0.3) is 0 Å². The summed E-state index contributed by atoms with van der Waals surface area (Å²) in [5.41, 5.74) is 3.24. The molecule has 0 aliphatic carbocycles. The number of rotatable bonds is 6. The Bertz CT molecular complexity index is 831. The summed E-state index contributed by atoms with van der Waals surface area (Å²) in [6, 6.07) is 15.9. The molecule has 1 heterocycles. The summed E-state index contributed by atoms with van der Waals surface area (Å²) in [6.07, 6.45) is 0.720. The summed E-state index contributed by atoms with van der Waals surface area (Å²) in [7, 11) is 3.59. The molecular formula is C23H27NO4. The fourth-order valence-electron chi connectivity index (χ4n) is 3.80. The second-order valence-corrected chi connectivity index (χ2v) is 7.20. The molecule has 1 saturated heterocycles. The predicted molar refractivity (Wildman–Crippen MR) is 108 cm³/mol. The van der Waals surface area contributed by atoms with Gasteiger partial charge in [-0.3, -0.25) is 9.59 Å². The smallest absolute Gasteiger partial charge is 0.317 e. The van der Waals surface area contributed by atoms with E-state index in [9.17, 15) is 9.59 Å². The first-order valence-electron chi connectivity index (χ1n) is 9.63. The maximum Gasteiger partial charge on any atom is 0.317 e. The zero-order valence-corrected chi connectivity index (χ0v) is 16.7. The molecule has 0 N–H and O–H groups in total. The Kier molecular flexibility index (Phi) is 6.47. The number of nitrogens with zero attached hydrogens (tertiary/aromatic N) is 1. The molecule has 2 aromatic rings. The van der Waals surface area contributed by atoms with Crippen LogP contribution < -0.4 is 4.74 Å². The third kappa shape index (κ3) is 4.42. The molecule has 1 fully saturated rings. The Hall–Kier alpha value is -2.66. The van der Waals surface area contributed by atoms with Crippen molar-refractivity contribution >= 4 is 11.8 Å². The van der Waals surface area contributed by atoms with Gasteiger partial charge in [0, 0.05) is 13.1 Å². The summed E-state index contributed by atoms with van der Waals surface area (Å²) in [4.78, 5) is 27.5. The van der Waals surface area contributed by atoms with Crippen molar-refractivity contribution in [2.45, 2.75) is 19.3 Å². The highest BCUT2D eigenvalue weighted by Crippen LogP contribution is 2.31. The van der Waals surface area contributed by atoms with Gasteiger partial charge in [-0.2, -0.15) is 0 Å². The van der Waals surface area contributed by atoms with Crippen LogP contribution in [0.15, 0.2) is 48.5 Å². The molecule has 0 radical (unpaired) electrons. The van der Waals surface area contributed by atoms with Gasteiger partial charge in [-0.05, 0) is 49.2 Å². The highest BCUT2D eigenvalue weighted by Gasteiger charge is 2.40. The number of Topliss-reactive ketones (excluding diaryl/α,β-unsaturated/α-hetero) is 1. The number of ether oxygens (including phenoxy) is 2. The molecule has 2 unspecified atom stereocenters. The van der Waals surface area contributed by atoms with Crippen molar-refractivity contribution < 1.29 is 19.1 Å². The number of methoxy groups -OCH3 is 1. The first-order chi connectivity index (χ1) is 13.5. The van der Waals surface area contributed by atoms with Crippen LogP contribution in [0.2, 0.25) is 0 Å². The van der Waals surface area contributed by atoms with Gasteiger partial charge in [0.2, 0.25) is 0 Å². The minimum Gasteiger partial charge on any atom is -0.497 e. The van der Waals surface area contributed by atoms with Gasteiger partial charge in [-0.1, -0.05) is 36.4 Å². The standard InChI is InChI=1S/C23H27NO4/c1-4-28-23(26)21-15-24(2)14-20(22(21)25)19-8-6-5-7-17(19)13-16-9-11-18(27-3)12-10-16/h5-12,20-21H,4,13-15H2,1-3H3. The van der Waals surface area contributed by atoms with Crippen LogP contribution in [0.1, 0.15) is 29.5 Å². The van der Waals surface area contributed by atoms with Gasteiger partial charge in [0.1, 0.15) is 11.7 Å². The van der Waals surface area contributed by atoms with E-state index in [-0.39, 0.29) is 18.3 Å². The highest BCUT2D eigenvalue weighted by atomic mass is 16.5. The number of carbonyl (C=O) groups excluding carboxylic acids is 2. The summed E-state index contributed by atoms with van der Waals surface area (Å²) in [5, 5.41) is 0. The lowest BCUT2D eigenvalue weighted by Crippen LogP contribution is -2.47. The summed E-state index contributed by atoms with van der Waals surface area (Å²) in [6.45, 7) is 3.06. The number of hydrogen-bond acceptors (Lipinski definition) is 5. The molecule has 0 bridgehead atoms. The molecule has 28 heavy (non-hydrogen) atoms. The van der Waals surface area contributed by atoms with E-state index < -0.39 is 11.9 Å². The number of likely N-dealkylation sites (N-methyl/N-ethyl adjacent to an activating group) is 1. The topological polar surface area (TPSA) is 55.8 Å². The monoisotopic (exact) mass is 381 g/mol. The fourth-order valence-corrected chi connectivity index (χ4v) is 3.80. The van der Waals surface area contributed by atoms with E-state index in [2.05, 4.69) is 6.07 Å². The zero-order valence-electron chi connectivity index (χ0n) is 16.7. The van der Waals surface area contributed by atoms with Crippen LogP contribution in [-0.2, 0) is 20.7 Å². The second-order valence-electron chi connectivity index (χ2n) is 7.20. The van der Waals surface area contributed by atoms with Crippen molar-refractivity contribution in [3.8, 4) is 5.75 Å². The molecule has 2 atom stereocenters. The van der Waals surface area contributed by atoms with Crippen molar-refractivity contribution in [3.05, 3.63) is 65.2 Å². The van der Waals surface area contributed by atoms with Crippen LogP contribution in [0.3, 0.4) is 0 Å². The molecule has 148 valence electrons. The van der Waals surface area contributed by atoms with Gasteiger partial charge in [0.25, 0.3) is 0 Å². The number of carbonyl (C=O) groups is 2. The molecule has 1 aliphatic rings. The molecule has 1 aliphatic heterocycles. The summed E-state index contributed by atoms with van der Waals surface area (Å²) >= 11 is 0. The molecule has 0 saturated carbocycles. The van der Waals surface area contributed by atoms with E-state index in [4.69, 9.17) is 9.47 Å². The Balaban J connectivity index is 1.87. The Morgan fingerprint density at radius 3 is 2.50 bits per heavy atom. The predicted octanol–water partition coefficient (Wildman–Crippen LogP) is 3.06. The molecular weight excluding hydrogens is 354 g/mol. The molecule has 0 aromatic heterocycles. The lowest BCUT2D eigenvalue weighted by atomic mass is 9.80. The zero-order chi connectivity index (χ0) is 20.1. The highest BCUT2D eigenvalue weighted by molar-refractivity contribution is 6.03. The second kappa shape index (κ2) is 9.02. The quantitative estimate of drug-likeness (QED) is 0.569.